The minimum absolute atomic E-state index is 0.196. The molecule has 4 nitrogen and oxygen atoms in total. The Kier molecular flexibility index (Phi) is 4.85. The molecule has 2 aromatic rings. The molecule has 1 N–H and O–H groups in total. The Bertz CT molecular complexity index is 612. The quantitative estimate of drug-likeness (QED) is 0.890. The number of nitrogens with zero attached hydrogens (tertiary/aromatic N) is 1. The molecule has 0 fully saturated rings. The van der Waals surface area contributed by atoms with E-state index in [4.69, 9.17) is 9.47 Å². The molecule has 21 heavy (non-hydrogen) atoms. The molecule has 0 aliphatic rings. The first-order chi connectivity index (χ1) is 10.0. The van der Waals surface area contributed by atoms with Gasteiger partial charge in [-0.2, -0.15) is 0 Å². The van der Waals surface area contributed by atoms with E-state index in [9.17, 15) is 0 Å². The van der Waals surface area contributed by atoms with Crippen molar-refractivity contribution in [3.8, 4) is 11.5 Å². The topological polar surface area (TPSA) is 43.4 Å². The van der Waals surface area contributed by atoms with Crippen LogP contribution in [-0.4, -0.2) is 26.3 Å². The van der Waals surface area contributed by atoms with Gasteiger partial charge in [0.15, 0.2) is 11.5 Å². The lowest BCUT2D eigenvalue weighted by molar-refractivity contribution is 0.352. The van der Waals surface area contributed by atoms with Crippen LogP contribution in [0.4, 0.5) is 0 Å². The molecule has 0 spiro atoms. The van der Waals surface area contributed by atoms with E-state index in [2.05, 4.69) is 28.7 Å². The second-order valence-corrected chi connectivity index (χ2v) is 6.10. The van der Waals surface area contributed by atoms with E-state index >= 15 is 0 Å². The molecule has 0 aliphatic carbocycles. The number of thiazole rings is 1. The molecule has 0 amide bonds. The highest BCUT2D eigenvalue weighted by molar-refractivity contribution is 7.09. The van der Waals surface area contributed by atoms with Crippen molar-refractivity contribution in [1.29, 1.82) is 0 Å². The predicted molar refractivity (Wildman–Crippen MR) is 86.5 cm³/mol. The lowest BCUT2D eigenvalue weighted by Crippen LogP contribution is -2.39. The number of methoxy groups -OCH3 is 2. The molecule has 114 valence electrons. The van der Waals surface area contributed by atoms with Crippen LogP contribution in [0.25, 0.3) is 0 Å². The summed E-state index contributed by atoms with van der Waals surface area (Å²) in [4.78, 5) is 4.63. The van der Waals surface area contributed by atoms with Gasteiger partial charge in [0, 0.05) is 11.1 Å². The fraction of sp³-hybridized carbons (Fsp3) is 0.438. The van der Waals surface area contributed by atoms with E-state index in [1.54, 1.807) is 25.6 Å². The van der Waals surface area contributed by atoms with Crippen LogP contribution in [0, 0.1) is 6.92 Å². The van der Waals surface area contributed by atoms with E-state index in [0.29, 0.717) is 0 Å². The van der Waals surface area contributed by atoms with Crippen molar-refractivity contribution in [2.75, 3.05) is 21.3 Å². The summed E-state index contributed by atoms with van der Waals surface area (Å²) in [5.41, 5.74) is 2.04. The average Bonchev–Trinajstić information content (AvgIpc) is 2.94. The molecule has 2 rings (SSSR count). The Morgan fingerprint density at radius 1 is 1.24 bits per heavy atom. The Morgan fingerprint density at radius 3 is 2.48 bits per heavy atom. The van der Waals surface area contributed by atoms with Crippen molar-refractivity contribution in [2.45, 2.75) is 25.8 Å². The number of likely N-dealkylation sites (N-methyl/N-ethyl adjacent to an activating group) is 1. The Hall–Kier alpha value is -1.59. The highest BCUT2D eigenvalue weighted by Gasteiger charge is 2.28. The van der Waals surface area contributed by atoms with Crippen molar-refractivity contribution in [2.24, 2.45) is 0 Å². The number of aryl methyl sites for hydroxylation is 1. The second kappa shape index (κ2) is 6.45. The summed E-state index contributed by atoms with van der Waals surface area (Å²) in [6.07, 6.45) is 0.830. The van der Waals surface area contributed by atoms with Crippen LogP contribution in [0.1, 0.15) is 23.2 Å². The van der Waals surface area contributed by atoms with Crippen LogP contribution in [-0.2, 0) is 12.0 Å². The lowest BCUT2D eigenvalue weighted by atomic mass is 9.93. The number of rotatable bonds is 6. The van der Waals surface area contributed by atoms with Crippen LogP contribution in [0.3, 0.4) is 0 Å². The van der Waals surface area contributed by atoms with Crippen LogP contribution < -0.4 is 14.8 Å². The highest BCUT2D eigenvalue weighted by Crippen LogP contribution is 2.32. The number of hydrogen-bond acceptors (Lipinski definition) is 5. The average molecular weight is 306 g/mol. The minimum Gasteiger partial charge on any atom is -0.493 e. The van der Waals surface area contributed by atoms with E-state index in [-0.39, 0.29) is 5.54 Å². The molecule has 1 aromatic carbocycles. The highest BCUT2D eigenvalue weighted by atomic mass is 32.1. The van der Waals surface area contributed by atoms with Crippen LogP contribution >= 0.6 is 11.3 Å². The first-order valence-electron chi connectivity index (χ1n) is 6.85. The molecule has 0 saturated heterocycles. The van der Waals surface area contributed by atoms with Crippen molar-refractivity contribution in [3.63, 3.8) is 0 Å². The molecule has 1 aromatic heterocycles. The zero-order chi connectivity index (χ0) is 15.5. The summed E-state index contributed by atoms with van der Waals surface area (Å²) in [5, 5.41) is 6.58. The van der Waals surface area contributed by atoms with Crippen molar-refractivity contribution in [3.05, 3.63) is 39.8 Å². The fourth-order valence-corrected chi connectivity index (χ4v) is 3.24. The number of hydrogen-bond donors (Lipinski definition) is 1. The number of nitrogens with one attached hydrogen (secondary N) is 1. The van der Waals surface area contributed by atoms with Gasteiger partial charge in [-0.05, 0) is 45.0 Å². The van der Waals surface area contributed by atoms with Crippen LogP contribution in [0.5, 0.6) is 11.5 Å². The van der Waals surface area contributed by atoms with E-state index < -0.39 is 0 Å². The van der Waals surface area contributed by atoms with Gasteiger partial charge in [0.1, 0.15) is 5.01 Å². The summed E-state index contributed by atoms with van der Waals surface area (Å²) in [6.45, 7) is 4.19. The van der Waals surface area contributed by atoms with Gasteiger partial charge >= 0.3 is 0 Å². The summed E-state index contributed by atoms with van der Waals surface area (Å²) >= 11 is 1.69. The molecule has 0 radical (unpaired) electrons. The summed E-state index contributed by atoms with van der Waals surface area (Å²) in [6, 6.07) is 6.03. The van der Waals surface area contributed by atoms with Crippen molar-refractivity contribution >= 4 is 11.3 Å². The van der Waals surface area contributed by atoms with Crippen LogP contribution in [0.15, 0.2) is 23.6 Å². The van der Waals surface area contributed by atoms with Gasteiger partial charge in [0.2, 0.25) is 0 Å². The summed E-state index contributed by atoms with van der Waals surface area (Å²) in [5.74, 6) is 1.50. The van der Waals surface area contributed by atoms with Gasteiger partial charge in [0.25, 0.3) is 0 Å². The third kappa shape index (κ3) is 3.36. The normalized spacial score (nSPS) is 13.8. The van der Waals surface area contributed by atoms with Gasteiger partial charge in [0.05, 0.1) is 19.8 Å². The summed E-state index contributed by atoms with van der Waals surface area (Å²) in [7, 11) is 5.27. The SMILES string of the molecule is CNC(C)(Cc1ccc(OC)c(OC)c1)c1nc(C)cs1. The maximum absolute atomic E-state index is 5.38. The predicted octanol–water partition coefficient (Wildman–Crippen LogP) is 3.15. The van der Waals surface area contributed by atoms with E-state index in [0.717, 1.165) is 28.6 Å². The van der Waals surface area contributed by atoms with Crippen LogP contribution in [0.2, 0.25) is 0 Å². The summed E-state index contributed by atoms with van der Waals surface area (Å²) < 4.78 is 10.7. The Labute approximate surface area is 130 Å². The van der Waals surface area contributed by atoms with Gasteiger partial charge in [-0.1, -0.05) is 6.07 Å². The minimum atomic E-state index is -0.196. The third-order valence-electron chi connectivity index (χ3n) is 3.65. The maximum Gasteiger partial charge on any atom is 0.160 e. The van der Waals surface area contributed by atoms with Crippen molar-refractivity contribution in [1.82, 2.24) is 10.3 Å². The van der Waals surface area contributed by atoms with E-state index in [1.807, 2.05) is 26.1 Å². The molecular formula is C16H22N2O2S. The first-order valence-corrected chi connectivity index (χ1v) is 7.73. The van der Waals surface area contributed by atoms with Gasteiger partial charge in [-0.3, -0.25) is 0 Å². The molecule has 0 saturated carbocycles. The smallest absolute Gasteiger partial charge is 0.160 e. The molecule has 5 heteroatoms. The van der Waals surface area contributed by atoms with Gasteiger partial charge in [-0.25, -0.2) is 4.98 Å². The fourth-order valence-electron chi connectivity index (χ4n) is 2.28. The third-order valence-corrected chi connectivity index (χ3v) is 4.87. The molecule has 1 unspecified atom stereocenters. The lowest BCUT2D eigenvalue weighted by Gasteiger charge is -2.27. The second-order valence-electron chi connectivity index (χ2n) is 5.24. The number of ether oxygens (including phenoxy) is 2. The Morgan fingerprint density at radius 2 is 1.95 bits per heavy atom. The van der Waals surface area contributed by atoms with Gasteiger partial charge in [-0.15, -0.1) is 11.3 Å². The maximum atomic E-state index is 5.38. The van der Waals surface area contributed by atoms with Gasteiger partial charge < -0.3 is 14.8 Å². The number of benzene rings is 1. The Balaban J connectivity index is 2.30. The molecular weight excluding hydrogens is 284 g/mol. The molecule has 1 heterocycles. The first kappa shape index (κ1) is 15.8. The largest absolute Gasteiger partial charge is 0.493 e. The zero-order valence-electron chi connectivity index (χ0n) is 13.2. The zero-order valence-corrected chi connectivity index (χ0v) is 14.0. The molecule has 1 atom stereocenters. The van der Waals surface area contributed by atoms with E-state index in [1.165, 1.54) is 5.56 Å². The number of aromatic nitrogens is 1. The molecule has 0 bridgehead atoms. The monoisotopic (exact) mass is 306 g/mol. The molecule has 0 aliphatic heterocycles. The standard InChI is InChI=1S/C16H22N2O2S/c1-11-10-21-15(18-11)16(2,17-3)9-12-6-7-13(19-4)14(8-12)20-5/h6-8,10,17H,9H2,1-5H3. The van der Waals surface area contributed by atoms with Crippen molar-refractivity contribution < 1.29 is 9.47 Å².